The van der Waals surface area contributed by atoms with E-state index in [1.807, 2.05) is 36.4 Å². The molecule has 0 fully saturated rings. The number of benzene rings is 2. The van der Waals surface area contributed by atoms with Crippen molar-refractivity contribution in [3.8, 4) is 0 Å². The Morgan fingerprint density at radius 2 is 1.88 bits per heavy atom. The molecule has 0 atom stereocenters. The number of anilines is 1. The van der Waals surface area contributed by atoms with Crippen LogP contribution in [0.1, 0.15) is 37.6 Å². The minimum atomic E-state index is -4.26. The Morgan fingerprint density at radius 1 is 1.10 bits per heavy atom. The summed E-state index contributed by atoms with van der Waals surface area (Å²) in [5.74, 6) is -0.475. The van der Waals surface area contributed by atoms with Crippen LogP contribution in [0.15, 0.2) is 50.8 Å². The number of hydrogen-bond acceptors (Lipinski definition) is 10. The first-order valence-electron chi connectivity index (χ1n) is 12.6. The average molecular weight is 711 g/mol. The molecule has 0 saturated carbocycles. The molecule has 0 amide bonds. The summed E-state index contributed by atoms with van der Waals surface area (Å²) in [6.07, 6.45) is 3.97. The third kappa shape index (κ3) is 8.65. The molecule has 15 heteroatoms. The van der Waals surface area contributed by atoms with Crippen LogP contribution in [-0.2, 0) is 31.1 Å². The Bertz CT molecular complexity index is 1610. The van der Waals surface area contributed by atoms with E-state index in [0.29, 0.717) is 43.9 Å². The third-order valence-corrected chi connectivity index (χ3v) is 10.9. The Hall–Kier alpha value is -1.23. The third-order valence-electron chi connectivity index (χ3n) is 6.01. The number of nitrogens with zero attached hydrogens (tertiary/aromatic N) is 2. The Kier molecular flexibility index (Phi) is 11.0. The van der Waals surface area contributed by atoms with Crippen molar-refractivity contribution in [2.45, 2.75) is 44.0 Å². The number of aryl methyl sites for hydroxylation is 1. The van der Waals surface area contributed by atoms with E-state index in [0.717, 1.165) is 35.3 Å². The maximum absolute atomic E-state index is 12.1. The molecule has 1 N–H and O–H groups in total. The van der Waals surface area contributed by atoms with Crippen molar-refractivity contribution in [3.05, 3.63) is 55.9 Å². The van der Waals surface area contributed by atoms with Gasteiger partial charge in [0.25, 0.3) is 15.1 Å². The van der Waals surface area contributed by atoms with Crippen LogP contribution < -0.4 is 14.9 Å². The van der Waals surface area contributed by atoms with Crippen LogP contribution in [0.2, 0.25) is 5.02 Å². The molecule has 218 valence electrons. The van der Waals surface area contributed by atoms with E-state index in [1.165, 1.54) is 0 Å². The maximum Gasteiger partial charge on any atom is 0.283 e. The van der Waals surface area contributed by atoms with Crippen LogP contribution in [0.25, 0.3) is 16.3 Å². The van der Waals surface area contributed by atoms with Crippen molar-refractivity contribution in [2.24, 2.45) is 0 Å². The van der Waals surface area contributed by atoms with Gasteiger partial charge in [-0.15, -0.1) is 0 Å². The largest absolute Gasteiger partial charge is 0.748 e. The average Bonchev–Trinajstić information content (AvgIpc) is 3.39. The summed E-state index contributed by atoms with van der Waals surface area (Å²) in [7, 11) is -7.90. The van der Waals surface area contributed by atoms with Crippen molar-refractivity contribution in [3.63, 3.8) is 0 Å². The van der Waals surface area contributed by atoms with Gasteiger partial charge in [-0.05, 0) is 49.6 Å². The summed E-state index contributed by atoms with van der Waals surface area (Å²) in [5.41, 5.74) is 4.37. The molecule has 0 spiro atoms. The van der Waals surface area contributed by atoms with E-state index in [-0.39, 0.29) is 17.9 Å². The number of halogens is 2. The number of rotatable bonds is 14. The van der Waals surface area contributed by atoms with Gasteiger partial charge in [-0.2, -0.15) is 22.7 Å². The highest BCUT2D eigenvalue weighted by Gasteiger charge is 2.28. The Morgan fingerprint density at radius 3 is 2.62 bits per heavy atom. The van der Waals surface area contributed by atoms with Gasteiger partial charge < -0.3 is 9.45 Å². The molecule has 0 radical (unpaired) electrons. The van der Waals surface area contributed by atoms with Crippen molar-refractivity contribution >= 4 is 92.8 Å². The van der Waals surface area contributed by atoms with E-state index in [9.17, 15) is 21.4 Å². The van der Waals surface area contributed by atoms with Gasteiger partial charge in [-0.1, -0.05) is 57.6 Å². The lowest BCUT2D eigenvalue weighted by molar-refractivity contribution is -0.669. The van der Waals surface area contributed by atoms with Crippen LogP contribution >= 0.6 is 50.6 Å². The molecule has 3 aromatic rings. The molecular weight excluding hydrogens is 682 g/mol. The monoisotopic (exact) mass is 709 g/mol. The fraction of sp³-hybridized carbons (Fsp3) is 0.400. The van der Waals surface area contributed by atoms with Crippen LogP contribution in [-0.4, -0.2) is 46.0 Å². The lowest BCUT2D eigenvalue weighted by atomic mass is 10.2. The SMILES string of the molecule is CCNOS(=O)(=O)CCCCN1C(=Cc2sc3ccc(Br)cc3[n+]2CCCCS(=O)(=O)[O-])Sc2ccc(Cl)cc21. The number of hydroxylamine groups is 1. The molecular formula is C25H29BrClN3O6S4. The summed E-state index contributed by atoms with van der Waals surface area (Å²) in [6, 6.07) is 11.8. The zero-order valence-electron chi connectivity index (χ0n) is 21.6. The number of hydrogen-bond donors (Lipinski definition) is 1. The van der Waals surface area contributed by atoms with Crippen LogP contribution in [0.4, 0.5) is 5.69 Å². The summed E-state index contributed by atoms with van der Waals surface area (Å²) in [5, 5.41) is 2.57. The highest BCUT2D eigenvalue weighted by molar-refractivity contribution is 9.10. The van der Waals surface area contributed by atoms with Crippen molar-refractivity contribution < 1.29 is 30.2 Å². The molecule has 0 saturated heterocycles. The smallest absolute Gasteiger partial charge is 0.283 e. The fourth-order valence-corrected chi connectivity index (χ4v) is 8.52. The molecule has 0 unspecified atom stereocenters. The lowest BCUT2D eigenvalue weighted by Gasteiger charge is -2.20. The van der Waals surface area contributed by atoms with Gasteiger partial charge >= 0.3 is 0 Å². The van der Waals surface area contributed by atoms with Crippen molar-refractivity contribution in [1.29, 1.82) is 0 Å². The van der Waals surface area contributed by atoms with Crippen LogP contribution in [0, 0.1) is 0 Å². The summed E-state index contributed by atoms with van der Waals surface area (Å²) in [6.45, 7) is 3.29. The number of nitrogens with one attached hydrogen (secondary N) is 1. The van der Waals surface area contributed by atoms with E-state index >= 15 is 0 Å². The Labute approximate surface area is 256 Å². The minimum Gasteiger partial charge on any atom is -0.748 e. The van der Waals surface area contributed by atoms with Gasteiger partial charge in [0.05, 0.1) is 32.7 Å². The van der Waals surface area contributed by atoms with Gasteiger partial charge in [0, 0.05) is 45.7 Å². The summed E-state index contributed by atoms with van der Waals surface area (Å²) in [4.78, 5) is 3.20. The van der Waals surface area contributed by atoms with Crippen molar-refractivity contribution in [2.75, 3.05) is 29.5 Å². The summed E-state index contributed by atoms with van der Waals surface area (Å²) >= 11 is 13.1. The molecule has 4 rings (SSSR count). The summed E-state index contributed by atoms with van der Waals surface area (Å²) < 4.78 is 66.3. The van der Waals surface area contributed by atoms with Crippen LogP contribution in [0.3, 0.4) is 0 Å². The zero-order valence-corrected chi connectivity index (χ0v) is 27.2. The van der Waals surface area contributed by atoms with Gasteiger partial charge in [0.2, 0.25) is 5.52 Å². The van der Waals surface area contributed by atoms with E-state index < -0.39 is 20.2 Å². The quantitative estimate of drug-likeness (QED) is 0.100. The standard InChI is InChI=1S/C25H29BrClN3O6S4/c1-2-28-36-40(34,35)14-6-4-12-30-21-16-19(27)8-10-23(21)38-25(30)17-24-29(11-3-5-13-39(31,32)33)20-15-18(26)7-9-22(20)37-24/h7-10,15-17,28H,2-6,11-14H2,1H3. The predicted octanol–water partition coefficient (Wildman–Crippen LogP) is 5.49. The molecule has 1 aliphatic rings. The van der Waals surface area contributed by atoms with Gasteiger partial charge in [0.1, 0.15) is 4.70 Å². The molecule has 0 bridgehead atoms. The number of unbranched alkanes of at least 4 members (excludes halogenated alkanes) is 2. The number of aromatic nitrogens is 1. The van der Waals surface area contributed by atoms with Gasteiger partial charge in [-0.25, -0.2) is 8.42 Å². The first kappa shape index (κ1) is 31.7. The van der Waals surface area contributed by atoms with Crippen LogP contribution in [0.5, 0.6) is 0 Å². The predicted molar refractivity (Wildman–Crippen MR) is 164 cm³/mol. The number of fused-ring (bicyclic) bond motifs is 2. The highest BCUT2D eigenvalue weighted by Crippen LogP contribution is 2.48. The number of thioether (sulfide) groups is 1. The molecule has 0 aliphatic carbocycles. The molecule has 1 aromatic heterocycles. The highest BCUT2D eigenvalue weighted by atomic mass is 79.9. The van der Waals surface area contributed by atoms with Crippen molar-refractivity contribution in [1.82, 2.24) is 5.48 Å². The first-order valence-corrected chi connectivity index (χ1v) is 18.6. The van der Waals surface area contributed by atoms with E-state index in [4.69, 9.17) is 15.9 Å². The molecule has 40 heavy (non-hydrogen) atoms. The normalized spacial score (nSPS) is 14.9. The second-order valence-corrected chi connectivity index (χ2v) is 15.8. The second kappa shape index (κ2) is 13.8. The Balaban J connectivity index is 1.60. The minimum absolute atomic E-state index is 0.0906. The maximum atomic E-state index is 12.1. The molecule has 9 nitrogen and oxygen atoms in total. The molecule has 2 heterocycles. The van der Waals surface area contributed by atoms with E-state index in [2.05, 4.69) is 37.0 Å². The zero-order chi connectivity index (χ0) is 28.9. The fourth-order valence-electron chi connectivity index (χ4n) is 4.22. The molecule has 2 aromatic carbocycles. The first-order chi connectivity index (χ1) is 19.0. The van der Waals surface area contributed by atoms with Gasteiger partial charge in [-0.3, -0.25) is 0 Å². The second-order valence-electron chi connectivity index (χ2n) is 9.07. The lowest BCUT2D eigenvalue weighted by Crippen LogP contribution is -2.35. The van der Waals surface area contributed by atoms with E-state index in [1.54, 1.807) is 30.0 Å². The number of thiazole rings is 1. The van der Waals surface area contributed by atoms with Gasteiger partial charge in [0.15, 0.2) is 6.54 Å². The topological polar surface area (TPSA) is 120 Å². The molecule has 1 aliphatic heterocycles.